The Morgan fingerprint density at radius 2 is 1.88 bits per heavy atom. The van der Waals surface area contributed by atoms with Gasteiger partial charge in [-0.2, -0.15) is 4.98 Å². The second-order valence-electron chi connectivity index (χ2n) is 8.25. The summed E-state index contributed by atoms with van der Waals surface area (Å²) in [4.78, 5) is 32.8. The number of nitrogens with zero attached hydrogens (tertiary/aromatic N) is 4. The van der Waals surface area contributed by atoms with Gasteiger partial charge in [0, 0.05) is 33.1 Å². The van der Waals surface area contributed by atoms with Crippen molar-refractivity contribution in [2.24, 2.45) is 0 Å². The quantitative estimate of drug-likeness (QED) is 0.612. The number of carbonyl (C=O) groups is 2. The maximum Gasteiger partial charge on any atom is 0.414 e. The molecule has 3 heterocycles. The summed E-state index contributed by atoms with van der Waals surface area (Å²) >= 11 is 0. The van der Waals surface area contributed by atoms with Gasteiger partial charge in [-0.3, -0.25) is 9.69 Å². The molecule has 34 heavy (non-hydrogen) atoms. The number of nitrogens with one attached hydrogen (secondary N) is 1. The highest BCUT2D eigenvalue weighted by Gasteiger charge is 2.33. The number of carbonyl (C=O) groups excluding carboxylic acids is 2. The fourth-order valence-electron chi connectivity index (χ4n) is 4.19. The lowest BCUT2D eigenvalue weighted by Crippen LogP contribution is -2.47. The smallest absolute Gasteiger partial charge is 0.414 e. The van der Waals surface area contributed by atoms with Crippen molar-refractivity contribution in [1.29, 1.82) is 0 Å². The van der Waals surface area contributed by atoms with Crippen LogP contribution < -0.4 is 20.0 Å². The summed E-state index contributed by atoms with van der Waals surface area (Å²) in [6, 6.07) is 9.58. The van der Waals surface area contributed by atoms with Crippen LogP contribution in [0.4, 0.5) is 31.0 Å². The maximum absolute atomic E-state index is 15.0. The number of amides is 2. The highest BCUT2D eigenvalue weighted by atomic mass is 19.1. The van der Waals surface area contributed by atoms with Gasteiger partial charge >= 0.3 is 6.09 Å². The highest BCUT2D eigenvalue weighted by molar-refractivity contribution is 5.90. The first-order valence-corrected chi connectivity index (χ1v) is 11.0. The van der Waals surface area contributed by atoms with E-state index in [1.165, 1.54) is 24.0 Å². The molecule has 2 fully saturated rings. The second kappa shape index (κ2) is 8.81. The molecule has 5 rings (SSSR count). The van der Waals surface area contributed by atoms with Crippen molar-refractivity contribution in [1.82, 2.24) is 10.3 Å². The van der Waals surface area contributed by atoms with Gasteiger partial charge in [-0.1, -0.05) is 6.07 Å². The Hall–Kier alpha value is -3.89. The van der Waals surface area contributed by atoms with Crippen molar-refractivity contribution in [3.8, 4) is 0 Å². The van der Waals surface area contributed by atoms with Crippen molar-refractivity contribution in [3.63, 3.8) is 0 Å². The standard InChI is InChI=1S/C23H23F2N5O4/c1-14(31)26-12-16-13-30(23(32)33-16)15-5-6-20(18(25)11-15)28-7-9-29(10-8-28)22-27-19-4-2-3-17(24)21(19)34-22/h2-6,11,16H,7-10,12-13H2,1H3,(H,26,31). The average molecular weight is 471 g/mol. The van der Waals surface area contributed by atoms with E-state index in [2.05, 4.69) is 10.3 Å². The lowest BCUT2D eigenvalue weighted by molar-refractivity contribution is -0.119. The van der Waals surface area contributed by atoms with E-state index in [-0.39, 0.29) is 24.6 Å². The molecule has 178 valence electrons. The molecule has 1 aromatic heterocycles. The molecule has 11 heteroatoms. The van der Waals surface area contributed by atoms with Crippen LogP contribution in [-0.4, -0.2) is 62.4 Å². The SMILES string of the molecule is CC(=O)NCC1CN(c2ccc(N3CCN(c4nc5cccc(F)c5o4)CC3)c(F)c2)C(=O)O1. The molecule has 1 atom stereocenters. The molecule has 0 radical (unpaired) electrons. The fourth-order valence-corrected chi connectivity index (χ4v) is 4.19. The summed E-state index contributed by atoms with van der Waals surface area (Å²) in [6.07, 6.45) is -1.07. The van der Waals surface area contributed by atoms with Crippen LogP contribution in [0.15, 0.2) is 40.8 Å². The Labute approximate surface area is 193 Å². The zero-order valence-electron chi connectivity index (χ0n) is 18.5. The van der Waals surface area contributed by atoms with Crippen LogP contribution in [0.25, 0.3) is 11.1 Å². The predicted molar refractivity (Wildman–Crippen MR) is 121 cm³/mol. The number of piperazine rings is 1. The van der Waals surface area contributed by atoms with Crippen LogP contribution in [0, 0.1) is 11.6 Å². The van der Waals surface area contributed by atoms with Crippen LogP contribution in [0.3, 0.4) is 0 Å². The van der Waals surface area contributed by atoms with E-state index in [1.807, 2.05) is 9.80 Å². The first kappa shape index (κ1) is 21.9. The minimum atomic E-state index is -0.578. The minimum Gasteiger partial charge on any atom is -0.442 e. The van der Waals surface area contributed by atoms with Crippen molar-refractivity contribution < 1.29 is 27.5 Å². The average Bonchev–Trinajstić information content (AvgIpc) is 3.42. The fraction of sp³-hybridized carbons (Fsp3) is 0.348. The molecule has 3 aromatic rings. The Kier molecular flexibility index (Phi) is 5.68. The number of halogens is 2. The molecular weight excluding hydrogens is 448 g/mol. The van der Waals surface area contributed by atoms with E-state index in [0.29, 0.717) is 49.1 Å². The Morgan fingerprint density at radius 1 is 1.12 bits per heavy atom. The monoisotopic (exact) mass is 471 g/mol. The van der Waals surface area contributed by atoms with Gasteiger partial charge in [-0.15, -0.1) is 0 Å². The molecular formula is C23H23F2N5O4. The third-order valence-corrected chi connectivity index (χ3v) is 5.94. The number of benzene rings is 2. The van der Waals surface area contributed by atoms with Gasteiger partial charge in [0.25, 0.3) is 6.01 Å². The van der Waals surface area contributed by atoms with E-state index >= 15 is 4.39 Å². The molecule has 9 nitrogen and oxygen atoms in total. The van der Waals surface area contributed by atoms with Crippen LogP contribution >= 0.6 is 0 Å². The van der Waals surface area contributed by atoms with E-state index < -0.39 is 23.8 Å². The third kappa shape index (κ3) is 4.20. The van der Waals surface area contributed by atoms with Crippen molar-refractivity contribution in [3.05, 3.63) is 48.0 Å². The molecule has 2 saturated heterocycles. The minimum absolute atomic E-state index is 0.126. The Morgan fingerprint density at radius 3 is 2.59 bits per heavy atom. The second-order valence-corrected chi connectivity index (χ2v) is 8.25. The van der Waals surface area contributed by atoms with Crippen LogP contribution in [0.2, 0.25) is 0 Å². The number of para-hydroxylation sites is 1. The summed E-state index contributed by atoms with van der Waals surface area (Å²) in [5.74, 6) is -1.12. The van der Waals surface area contributed by atoms with Gasteiger partial charge in [0.1, 0.15) is 17.4 Å². The zero-order valence-corrected chi connectivity index (χ0v) is 18.5. The predicted octanol–water partition coefficient (Wildman–Crippen LogP) is 2.89. The molecule has 0 saturated carbocycles. The van der Waals surface area contributed by atoms with Gasteiger partial charge in [-0.05, 0) is 30.3 Å². The summed E-state index contributed by atoms with van der Waals surface area (Å²) in [5, 5.41) is 2.61. The highest BCUT2D eigenvalue weighted by Crippen LogP contribution is 2.30. The van der Waals surface area contributed by atoms with Crippen LogP contribution in [0.5, 0.6) is 0 Å². The molecule has 0 bridgehead atoms. The molecule has 1 N–H and O–H groups in total. The van der Waals surface area contributed by atoms with Gasteiger partial charge in [0.05, 0.1) is 24.5 Å². The number of hydrogen-bond acceptors (Lipinski definition) is 7. The number of oxazole rings is 1. The number of cyclic esters (lactones) is 1. The number of ether oxygens (including phenoxy) is 1. The molecule has 2 aliphatic heterocycles. The topological polar surface area (TPSA) is 91.2 Å². The normalized spacial score (nSPS) is 18.5. The van der Waals surface area contributed by atoms with E-state index in [1.54, 1.807) is 24.3 Å². The lowest BCUT2D eigenvalue weighted by atomic mass is 10.2. The summed E-state index contributed by atoms with van der Waals surface area (Å²) in [7, 11) is 0. The molecule has 2 amide bonds. The molecule has 0 spiro atoms. The molecule has 0 aliphatic carbocycles. The van der Waals surface area contributed by atoms with E-state index in [9.17, 15) is 14.0 Å². The van der Waals surface area contributed by atoms with Gasteiger partial charge < -0.3 is 24.3 Å². The number of fused-ring (bicyclic) bond motifs is 1. The Balaban J connectivity index is 1.23. The third-order valence-electron chi connectivity index (χ3n) is 5.94. The molecule has 2 aromatic carbocycles. The van der Waals surface area contributed by atoms with E-state index in [4.69, 9.17) is 9.15 Å². The Bertz CT molecular complexity index is 1240. The van der Waals surface area contributed by atoms with Crippen molar-refractivity contribution in [2.75, 3.05) is 54.0 Å². The van der Waals surface area contributed by atoms with Crippen LogP contribution in [0.1, 0.15) is 6.92 Å². The number of aromatic nitrogens is 1. The van der Waals surface area contributed by atoms with Crippen LogP contribution in [-0.2, 0) is 9.53 Å². The van der Waals surface area contributed by atoms with Crippen molar-refractivity contribution in [2.45, 2.75) is 13.0 Å². The summed E-state index contributed by atoms with van der Waals surface area (Å²) in [6.45, 7) is 3.90. The first-order valence-electron chi connectivity index (χ1n) is 11.0. The summed E-state index contributed by atoms with van der Waals surface area (Å²) < 4.78 is 39.8. The van der Waals surface area contributed by atoms with Gasteiger partial charge in [0.15, 0.2) is 11.4 Å². The maximum atomic E-state index is 15.0. The largest absolute Gasteiger partial charge is 0.442 e. The lowest BCUT2D eigenvalue weighted by Gasteiger charge is -2.35. The van der Waals surface area contributed by atoms with Gasteiger partial charge in [0.2, 0.25) is 5.91 Å². The zero-order chi connectivity index (χ0) is 23.8. The number of hydrogen-bond donors (Lipinski definition) is 1. The number of anilines is 3. The summed E-state index contributed by atoms with van der Waals surface area (Å²) in [5.41, 5.74) is 1.40. The number of rotatable bonds is 5. The van der Waals surface area contributed by atoms with E-state index in [0.717, 1.165) is 0 Å². The molecule has 2 aliphatic rings. The molecule has 1 unspecified atom stereocenters. The first-order chi connectivity index (χ1) is 16.4. The van der Waals surface area contributed by atoms with Gasteiger partial charge in [-0.25, -0.2) is 13.6 Å². The van der Waals surface area contributed by atoms with Crippen molar-refractivity contribution >= 4 is 40.5 Å².